The second kappa shape index (κ2) is 4.12. The van der Waals surface area contributed by atoms with Crippen LogP contribution in [-0.4, -0.2) is 4.98 Å². The maximum atomic E-state index is 5.23. The van der Waals surface area contributed by atoms with E-state index >= 15 is 0 Å². The second-order valence-electron chi connectivity index (χ2n) is 3.48. The molecule has 3 heteroatoms. The third-order valence-electron chi connectivity index (χ3n) is 2.90. The van der Waals surface area contributed by atoms with Gasteiger partial charge < -0.3 is 9.40 Å². The summed E-state index contributed by atoms with van der Waals surface area (Å²) in [6, 6.07) is 0. The van der Waals surface area contributed by atoms with Crippen LogP contribution in [-0.2, 0) is 32.7 Å². The number of aryl methyl sites for hydroxylation is 2. The van der Waals surface area contributed by atoms with Crippen LogP contribution in [0.2, 0.25) is 0 Å². The van der Waals surface area contributed by atoms with Gasteiger partial charge in [-0.25, -0.2) is 0 Å². The van der Waals surface area contributed by atoms with Gasteiger partial charge in [0.2, 0.25) is 0 Å². The molecule has 68 valence electrons. The van der Waals surface area contributed by atoms with Gasteiger partial charge in [-0.15, -0.1) is 0 Å². The number of fused-ring (bicyclic) bond motifs is 1. The molecule has 1 aromatic carbocycles. The number of benzene rings is 1. The van der Waals surface area contributed by atoms with Gasteiger partial charge in [-0.05, 0) is 38.8 Å². The molecule has 1 heterocycles. The van der Waals surface area contributed by atoms with Crippen LogP contribution in [0.5, 0.6) is 0 Å². The largest absolute Gasteiger partial charge is 3.00 e. The molecule has 0 bridgehead atoms. The van der Waals surface area contributed by atoms with E-state index in [1.807, 2.05) is 0 Å². The summed E-state index contributed by atoms with van der Waals surface area (Å²) in [5.74, 6) is 0. The van der Waals surface area contributed by atoms with E-state index in [0.29, 0.717) is 0 Å². The van der Waals surface area contributed by atoms with Crippen LogP contribution in [0.4, 0.5) is 0 Å². The predicted octanol–water partition coefficient (Wildman–Crippen LogP) is 2.86. The molecule has 0 radical (unpaired) electrons. The first-order valence-corrected chi connectivity index (χ1v) is 4.36. The molecule has 0 aliphatic rings. The van der Waals surface area contributed by atoms with E-state index in [1.54, 1.807) is 0 Å². The van der Waals surface area contributed by atoms with Crippen molar-refractivity contribution < 1.29 is 37.1 Å². The monoisotopic (exact) mass is 263 g/mol. The van der Waals surface area contributed by atoms with Crippen LogP contribution in [0.3, 0.4) is 0 Å². The minimum atomic E-state index is 0. The smallest absolute Gasteiger partial charge is 0.573 e. The van der Waals surface area contributed by atoms with E-state index in [4.69, 9.17) is 4.42 Å². The summed E-state index contributed by atoms with van der Waals surface area (Å²) in [7, 11) is 0. The Hall–Kier alpha value is -0.206. The quantitative estimate of drug-likeness (QED) is 0.683. The summed E-state index contributed by atoms with van der Waals surface area (Å²) in [4.78, 5) is 4.09. The first kappa shape index (κ1) is 11.9. The number of hydrogen-bond acceptors (Lipinski definition) is 2. The Kier molecular flexibility index (Phi) is 3.49. The molecule has 0 amide bonds. The number of nitrogens with zero attached hydrogens (tertiary/aromatic N) is 1. The van der Waals surface area contributed by atoms with Crippen molar-refractivity contribution in [3.8, 4) is 0 Å². The van der Waals surface area contributed by atoms with Crippen molar-refractivity contribution in [1.29, 1.82) is 0 Å². The summed E-state index contributed by atoms with van der Waals surface area (Å²) < 4.78 is 5.23. The Morgan fingerprint density at radius 2 is 1.50 bits per heavy atom. The molecule has 2 rings (SSSR count). The minimum absolute atomic E-state index is 0. The number of aromatic nitrogens is 1. The maximum absolute atomic E-state index is 5.23. The van der Waals surface area contributed by atoms with Gasteiger partial charge in [0.25, 0.3) is 0 Å². The number of rotatable bonds is 0. The van der Waals surface area contributed by atoms with Crippen molar-refractivity contribution in [2.45, 2.75) is 27.7 Å². The van der Waals surface area contributed by atoms with Crippen molar-refractivity contribution in [1.82, 2.24) is 4.98 Å². The molecule has 0 saturated carbocycles. The summed E-state index contributed by atoms with van der Waals surface area (Å²) >= 11 is 0. The van der Waals surface area contributed by atoms with Gasteiger partial charge in [-0.3, -0.25) is 0 Å². The third kappa shape index (κ3) is 1.55. The van der Waals surface area contributed by atoms with Gasteiger partial charge in [0.05, 0.1) is 0 Å². The van der Waals surface area contributed by atoms with E-state index in [0.717, 1.165) is 11.1 Å². The number of hydrogen-bond donors (Lipinski definition) is 0. The minimum Gasteiger partial charge on any atom is -0.573 e. The van der Waals surface area contributed by atoms with E-state index in [2.05, 4.69) is 39.1 Å². The first-order valence-electron chi connectivity index (χ1n) is 4.36. The molecular formula is C11H12NOY+2. The normalized spacial score (nSPS) is 10.3. The molecule has 0 unspecified atom stereocenters. The van der Waals surface area contributed by atoms with Crippen LogP contribution < -0.4 is 0 Å². The van der Waals surface area contributed by atoms with Gasteiger partial charge in [-0.1, -0.05) is 22.3 Å². The van der Waals surface area contributed by atoms with Crippen molar-refractivity contribution in [3.63, 3.8) is 0 Å². The van der Waals surface area contributed by atoms with Crippen LogP contribution in [0.15, 0.2) is 4.42 Å². The standard InChI is InChI=1S/C11H12NO.Y/c1-6-7(2)9(4)11-10(8(6)3)12-5-13-11;/h1-4H3;/q-1;+3. The fraction of sp³-hybridized carbons (Fsp3) is 0.364. The molecular weight excluding hydrogens is 251 g/mol. The molecule has 0 N–H and O–H groups in total. The van der Waals surface area contributed by atoms with Crippen molar-refractivity contribution in [2.24, 2.45) is 0 Å². The molecule has 14 heavy (non-hydrogen) atoms. The Labute approximate surface area is 109 Å². The van der Waals surface area contributed by atoms with E-state index in [-0.39, 0.29) is 32.7 Å². The average Bonchev–Trinajstić information content (AvgIpc) is 2.59. The van der Waals surface area contributed by atoms with Gasteiger partial charge in [0.15, 0.2) is 0 Å². The second-order valence-corrected chi connectivity index (χ2v) is 3.48. The van der Waals surface area contributed by atoms with Crippen molar-refractivity contribution in [2.75, 3.05) is 0 Å². The summed E-state index contributed by atoms with van der Waals surface area (Å²) in [5, 5.41) is 0. The molecule has 0 atom stereocenters. The Bertz CT molecular complexity index is 432. The topological polar surface area (TPSA) is 26.0 Å². The van der Waals surface area contributed by atoms with Crippen molar-refractivity contribution >= 4 is 11.1 Å². The zero-order valence-corrected chi connectivity index (χ0v) is 11.8. The molecule has 0 spiro atoms. The molecule has 2 aromatic rings. The van der Waals surface area contributed by atoms with Crippen LogP contribution in [0, 0.1) is 34.1 Å². The van der Waals surface area contributed by atoms with E-state index in [1.165, 1.54) is 22.3 Å². The zero-order valence-electron chi connectivity index (χ0n) is 8.93. The van der Waals surface area contributed by atoms with E-state index in [9.17, 15) is 0 Å². The SMILES string of the molecule is Cc1c(C)c(C)c2o[c-]nc2c1C.[Y+3]. The molecule has 0 fully saturated rings. The van der Waals surface area contributed by atoms with E-state index < -0.39 is 0 Å². The van der Waals surface area contributed by atoms with Crippen LogP contribution >= 0.6 is 0 Å². The average molecular weight is 263 g/mol. The maximum Gasteiger partial charge on any atom is 3.00 e. The molecule has 0 aliphatic carbocycles. The summed E-state index contributed by atoms with van der Waals surface area (Å²) in [6.07, 6.45) is 2.55. The fourth-order valence-corrected chi connectivity index (χ4v) is 1.63. The van der Waals surface area contributed by atoms with Gasteiger partial charge >= 0.3 is 32.7 Å². The van der Waals surface area contributed by atoms with Gasteiger partial charge in [0.1, 0.15) is 6.39 Å². The van der Waals surface area contributed by atoms with Gasteiger partial charge in [0, 0.05) is 0 Å². The predicted molar refractivity (Wildman–Crippen MR) is 51.8 cm³/mol. The zero-order chi connectivity index (χ0) is 9.59. The van der Waals surface area contributed by atoms with Gasteiger partial charge in [-0.2, -0.15) is 0 Å². The Balaban J connectivity index is 0.000000980. The molecule has 2 nitrogen and oxygen atoms in total. The number of oxazole rings is 1. The van der Waals surface area contributed by atoms with Crippen molar-refractivity contribution in [3.05, 3.63) is 28.6 Å². The summed E-state index contributed by atoms with van der Waals surface area (Å²) in [6.45, 7) is 8.36. The van der Waals surface area contributed by atoms with Crippen LogP contribution in [0.25, 0.3) is 11.1 Å². The first-order chi connectivity index (χ1) is 6.13. The molecule has 1 aromatic heterocycles. The Morgan fingerprint density at radius 1 is 0.929 bits per heavy atom. The molecule has 0 saturated heterocycles. The van der Waals surface area contributed by atoms with Crippen LogP contribution in [0.1, 0.15) is 22.3 Å². The molecule has 0 aliphatic heterocycles. The Morgan fingerprint density at radius 3 is 2.14 bits per heavy atom. The fourth-order valence-electron chi connectivity index (χ4n) is 1.63. The third-order valence-corrected chi connectivity index (χ3v) is 2.90. The summed E-state index contributed by atoms with van der Waals surface area (Å²) in [5.41, 5.74) is 6.78.